The van der Waals surface area contributed by atoms with Gasteiger partial charge >= 0.3 is 7.60 Å². The zero-order valence-corrected chi connectivity index (χ0v) is 15.2. The van der Waals surface area contributed by atoms with Gasteiger partial charge in [-0.1, -0.05) is 11.6 Å². The number of rotatable bonds is 7. The molecule has 0 saturated heterocycles. The van der Waals surface area contributed by atoms with Gasteiger partial charge in [0.1, 0.15) is 5.75 Å². The second-order valence-corrected chi connectivity index (χ2v) is 7.44. The largest absolute Gasteiger partial charge is 0.507 e. The Morgan fingerprint density at radius 1 is 1.36 bits per heavy atom. The molecule has 2 rings (SSSR count). The van der Waals surface area contributed by atoms with E-state index in [9.17, 15) is 14.5 Å². The number of hydrogen-bond donors (Lipinski definition) is 3. The molecule has 9 heteroatoms. The highest BCUT2D eigenvalue weighted by atomic mass is 31.2. The number of carbonyl (C=O) groups is 1. The highest BCUT2D eigenvalue weighted by Crippen LogP contribution is 2.56. The Hall–Kier alpha value is -2.15. The zero-order valence-electron chi connectivity index (χ0n) is 14.4. The monoisotopic (exact) mass is 367 g/mol. The van der Waals surface area contributed by atoms with Gasteiger partial charge in [-0.2, -0.15) is 0 Å². The molecule has 25 heavy (non-hydrogen) atoms. The van der Waals surface area contributed by atoms with E-state index in [1.807, 2.05) is 0 Å². The Morgan fingerprint density at radius 2 is 2.00 bits per heavy atom. The molecule has 1 atom stereocenters. The summed E-state index contributed by atoms with van der Waals surface area (Å²) in [6, 6.07) is 4.65. The number of Topliss-reactive ketones (excluding diaryl/α,β-unsaturated/α-hetero) is 1. The van der Waals surface area contributed by atoms with Crippen molar-refractivity contribution in [1.29, 1.82) is 0 Å². The summed E-state index contributed by atoms with van der Waals surface area (Å²) >= 11 is 0. The van der Waals surface area contributed by atoms with Crippen LogP contribution in [0.4, 0.5) is 0 Å². The van der Waals surface area contributed by atoms with Crippen LogP contribution >= 0.6 is 7.60 Å². The van der Waals surface area contributed by atoms with Crippen LogP contribution in [0.1, 0.15) is 29.8 Å². The van der Waals surface area contributed by atoms with E-state index in [4.69, 9.17) is 14.8 Å². The number of ketones is 1. The van der Waals surface area contributed by atoms with Crippen molar-refractivity contribution in [2.24, 2.45) is 10.7 Å². The first-order valence-corrected chi connectivity index (χ1v) is 9.46. The molecule has 0 spiro atoms. The van der Waals surface area contributed by atoms with Crippen LogP contribution < -0.4 is 11.1 Å². The molecule has 0 aliphatic carbocycles. The fraction of sp³-hybridized carbons (Fsp3) is 0.375. The van der Waals surface area contributed by atoms with E-state index < -0.39 is 19.2 Å². The van der Waals surface area contributed by atoms with Crippen LogP contribution in [0.5, 0.6) is 5.75 Å². The lowest BCUT2D eigenvalue weighted by molar-refractivity contribution is 0.102. The van der Waals surface area contributed by atoms with Gasteiger partial charge in [0.2, 0.25) is 0 Å². The normalized spacial score (nSPS) is 17.5. The Kier molecular flexibility index (Phi) is 6.00. The predicted molar refractivity (Wildman–Crippen MR) is 94.7 cm³/mol. The maximum Gasteiger partial charge on any atom is 0.359 e. The molecule has 0 aromatic heterocycles. The summed E-state index contributed by atoms with van der Waals surface area (Å²) in [5.41, 5.74) is 6.58. The Morgan fingerprint density at radius 3 is 2.60 bits per heavy atom. The van der Waals surface area contributed by atoms with Crippen LogP contribution in [-0.2, 0) is 13.6 Å². The van der Waals surface area contributed by atoms with Gasteiger partial charge in [-0.05, 0) is 32.9 Å². The van der Waals surface area contributed by atoms with Crippen molar-refractivity contribution in [1.82, 2.24) is 5.32 Å². The highest BCUT2D eigenvalue weighted by molar-refractivity contribution is 7.55. The van der Waals surface area contributed by atoms with E-state index in [-0.39, 0.29) is 36.1 Å². The van der Waals surface area contributed by atoms with Gasteiger partial charge in [-0.25, -0.2) is 4.99 Å². The molecular formula is C16H22N3O5P. The fourth-order valence-corrected chi connectivity index (χ4v) is 4.29. The fourth-order valence-electron chi connectivity index (χ4n) is 2.41. The summed E-state index contributed by atoms with van der Waals surface area (Å²) in [4.78, 5) is 17.0. The smallest absolute Gasteiger partial charge is 0.359 e. The summed E-state index contributed by atoms with van der Waals surface area (Å²) in [6.07, 6.45) is 1.32. The minimum Gasteiger partial charge on any atom is -0.507 e. The topological polar surface area (TPSA) is 123 Å². The van der Waals surface area contributed by atoms with Gasteiger partial charge < -0.3 is 25.2 Å². The predicted octanol–water partition coefficient (Wildman–Crippen LogP) is 2.28. The number of nitrogens with zero attached hydrogens (tertiary/aromatic N) is 1. The van der Waals surface area contributed by atoms with Gasteiger partial charge in [-0.3, -0.25) is 9.36 Å². The number of aryl methyl sites for hydroxylation is 1. The van der Waals surface area contributed by atoms with Gasteiger partial charge in [-0.15, -0.1) is 0 Å². The van der Waals surface area contributed by atoms with Crippen molar-refractivity contribution in [3.63, 3.8) is 0 Å². The van der Waals surface area contributed by atoms with Crippen LogP contribution in [0.15, 0.2) is 35.0 Å². The number of hydrogen-bond acceptors (Lipinski definition) is 8. The molecule has 1 aliphatic heterocycles. The SMILES string of the molecule is CCOP(=O)(OCC)C1N=C(N)NC=C1C(=O)c1cc(C)ccc1O. The third-order valence-corrected chi connectivity index (χ3v) is 5.72. The molecule has 8 nitrogen and oxygen atoms in total. The van der Waals surface area contributed by atoms with E-state index in [0.29, 0.717) is 0 Å². The molecule has 0 fully saturated rings. The van der Waals surface area contributed by atoms with Crippen molar-refractivity contribution >= 4 is 19.3 Å². The molecule has 1 heterocycles. The molecule has 1 aromatic rings. The van der Waals surface area contributed by atoms with Gasteiger partial charge in [0.15, 0.2) is 17.5 Å². The number of phenolic OH excluding ortho intramolecular Hbond substituents is 1. The molecule has 1 aliphatic rings. The molecule has 0 radical (unpaired) electrons. The van der Waals surface area contributed by atoms with Crippen molar-refractivity contribution in [3.05, 3.63) is 41.1 Å². The van der Waals surface area contributed by atoms with Gasteiger partial charge in [0, 0.05) is 6.20 Å². The average Bonchev–Trinajstić information content (AvgIpc) is 2.57. The van der Waals surface area contributed by atoms with E-state index in [1.165, 1.54) is 12.3 Å². The maximum atomic E-state index is 13.1. The molecule has 0 bridgehead atoms. The summed E-state index contributed by atoms with van der Waals surface area (Å²) in [6.45, 7) is 5.36. The van der Waals surface area contributed by atoms with E-state index in [2.05, 4.69) is 10.3 Å². The molecule has 1 aromatic carbocycles. The maximum absolute atomic E-state index is 13.1. The molecule has 0 amide bonds. The molecule has 0 saturated carbocycles. The van der Waals surface area contributed by atoms with Crippen molar-refractivity contribution in [2.75, 3.05) is 13.2 Å². The first-order chi connectivity index (χ1) is 11.8. The quantitative estimate of drug-likeness (QED) is 0.499. The Labute approximate surface area is 146 Å². The van der Waals surface area contributed by atoms with Crippen molar-refractivity contribution in [2.45, 2.75) is 26.6 Å². The number of guanidine groups is 1. The minimum atomic E-state index is -3.77. The van der Waals surface area contributed by atoms with Gasteiger partial charge in [0.25, 0.3) is 0 Å². The summed E-state index contributed by atoms with van der Waals surface area (Å²) in [7, 11) is -3.77. The number of benzene rings is 1. The highest BCUT2D eigenvalue weighted by Gasteiger charge is 2.43. The minimum absolute atomic E-state index is 0.00496. The van der Waals surface area contributed by atoms with Crippen molar-refractivity contribution < 1.29 is 23.5 Å². The lowest BCUT2D eigenvalue weighted by atomic mass is 10.0. The van der Waals surface area contributed by atoms with E-state index in [0.717, 1.165) is 5.56 Å². The lowest BCUT2D eigenvalue weighted by Gasteiger charge is -2.27. The van der Waals surface area contributed by atoms with Crippen LogP contribution in [0, 0.1) is 6.92 Å². The lowest BCUT2D eigenvalue weighted by Crippen LogP contribution is -2.36. The first kappa shape index (κ1) is 19.2. The summed E-state index contributed by atoms with van der Waals surface area (Å²) in [5, 5.41) is 12.7. The van der Waals surface area contributed by atoms with Crippen LogP contribution in [-0.4, -0.2) is 35.8 Å². The number of nitrogens with one attached hydrogen (secondary N) is 1. The van der Waals surface area contributed by atoms with Crippen molar-refractivity contribution in [3.8, 4) is 5.75 Å². The summed E-state index contributed by atoms with van der Waals surface area (Å²) in [5.74, 6) is -1.93. The molecule has 1 unspecified atom stereocenters. The number of aliphatic imine (C=N–C) groups is 1. The van der Waals surface area contributed by atoms with Gasteiger partial charge in [0.05, 0.1) is 24.4 Å². The number of carbonyl (C=O) groups excluding carboxylic acids is 1. The van der Waals surface area contributed by atoms with E-state index in [1.54, 1.807) is 32.9 Å². The third-order valence-electron chi connectivity index (χ3n) is 3.49. The third kappa shape index (κ3) is 4.10. The number of aromatic hydroxyl groups is 1. The zero-order chi connectivity index (χ0) is 18.6. The standard InChI is InChI=1S/C16H22N3O5P/c1-4-23-25(22,24-5-2)15-12(9-18-16(17)19-15)14(21)11-8-10(3)6-7-13(11)20/h6-9,15,20H,4-5H2,1-3H3,(H3,17,18,19). The first-order valence-electron chi connectivity index (χ1n) is 7.85. The molecular weight excluding hydrogens is 345 g/mol. The number of nitrogens with two attached hydrogens (primary N) is 1. The van der Waals surface area contributed by atoms with E-state index >= 15 is 0 Å². The van der Waals surface area contributed by atoms with Crippen LogP contribution in [0.3, 0.4) is 0 Å². The second kappa shape index (κ2) is 7.82. The average molecular weight is 367 g/mol. The molecule has 4 N–H and O–H groups in total. The summed E-state index contributed by atoms with van der Waals surface area (Å²) < 4.78 is 23.8. The Balaban J connectivity index is 2.48. The second-order valence-electron chi connectivity index (χ2n) is 5.36. The molecule has 136 valence electrons. The Bertz CT molecular complexity index is 765. The number of phenols is 1. The van der Waals surface area contributed by atoms with Crippen LogP contribution in [0.2, 0.25) is 0 Å². The van der Waals surface area contributed by atoms with Crippen LogP contribution in [0.25, 0.3) is 0 Å².